The molecule has 0 radical (unpaired) electrons. The molecule has 1 aliphatic heterocycles. The van der Waals surface area contributed by atoms with Crippen molar-refractivity contribution in [3.63, 3.8) is 0 Å². The van der Waals surface area contributed by atoms with Crippen molar-refractivity contribution < 1.29 is 13.2 Å². The topological polar surface area (TPSA) is 75.0 Å². The van der Waals surface area contributed by atoms with Gasteiger partial charge in [0.2, 0.25) is 0 Å². The maximum absolute atomic E-state index is 13.7. The number of rotatable bonds is 5. The van der Waals surface area contributed by atoms with Crippen LogP contribution in [0, 0.1) is 20.8 Å². The van der Waals surface area contributed by atoms with Gasteiger partial charge in [0.1, 0.15) is 11.3 Å². The fourth-order valence-electron chi connectivity index (χ4n) is 4.98. The van der Waals surface area contributed by atoms with Crippen LogP contribution in [0.3, 0.4) is 0 Å². The number of halogens is 3. The van der Waals surface area contributed by atoms with Gasteiger partial charge in [0, 0.05) is 22.2 Å². The van der Waals surface area contributed by atoms with Crippen LogP contribution in [0.2, 0.25) is 0 Å². The number of H-pyrrole nitrogens is 1. The first-order valence-corrected chi connectivity index (χ1v) is 12.6. The van der Waals surface area contributed by atoms with Crippen molar-refractivity contribution >= 4 is 17.0 Å². The van der Waals surface area contributed by atoms with Crippen molar-refractivity contribution in [2.45, 2.75) is 59.1 Å². The highest BCUT2D eigenvalue weighted by atomic mass is 32.1. The number of alkyl halides is 3. The Balaban J connectivity index is 1.58. The average Bonchev–Trinajstić information content (AvgIpc) is 3.54. The van der Waals surface area contributed by atoms with Gasteiger partial charge in [-0.3, -0.25) is 5.10 Å². The zero-order valence-electron chi connectivity index (χ0n) is 20.2. The molecule has 11 heteroatoms. The van der Waals surface area contributed by atoms with Gasteiger partial charge in [0.25, 0.3) is 0 Å². The van der Waals surface area contributed by atoms with Gasteiger partial charge in [-0.05, 0) is 70.3 Å². The Kier molecular flexibility index (Phi) is 6.16. The number of pyridine rings is 1. The van der Waals surface area contributed by atoms with Gasteiger partial charge in [-0.15, -0.1) is 11.3 Å². The second kappa shape index (κ2) is 9.02. The van der Waals surface area contributed by atoms with Crippen molar-refractivity contribution in [2.24, 2.45) is 0 Å². The molecule has 7 nitrogen and oxygen atoms in total. The van der Waals surface area contributed by atoms with E-state index in [9.17, 15) is 13.2 Å². The number of aryl methyl sites for hydroxylation is 2. The Morgan fingerprint density at radius 1 is 1.14 bits per heavy atom. The zero-order valence-corrected chi connectivity index (χ0v) is 21.0. The average molecular weight is 504 g/mol. The molecule has 1 N–H and O–H groups in total. The molecule has 1 aliphatic rings. The summed E-state index contributed by atoms with van der Waals surface area (Å²) in [5.74, 6) is 0.386. The first kappa shape index (κ1) is 23.9. The third-order valence-electron chi connectivity index (χ3n) is 7.08. The maximum atomic E-state index is 13.7. The highest BCUT2D eigenvalue weighted by Crippen LogP contribution is 2.41. The lowest BCUT2D eigenvalue weighted by molar-refractivity contribution is -0.127. The number of hydrogen-bond donors (Lipinski definition) is 1. The SMILES string of the molecule is CCN1CCC(c2sc(-c3[nH]nc(-c4cn5ncnc5c(C)c4C)c3CC(F)(F)F)nc2C)CC1. The molecule has 4 aromatic rings. The molecule has 1 saturated heterocycles. The quantitative estimate of drug-likeness (QED) is 0.391. The molecule has 186 valence electrons. The van der Waals surface area contributed by atoms with Crippen molar-refractivity contribution in [1.29, 1.82) is 0 Å². The molecular weight excluding hydrogens is 475 g/mol. The van der Waals surface area contributed by atoms with Crippen LogP contribution >= 0.6 is 11.3 Å². The molecule has 5 heterocycles. The van der Waals surface area contributed by atoms with Crippen LogP contribution in [0.5, 0.6) is 0 Å². The van der Waals surface area contributed by atoms with E-state index in [1.54, 1.807) is 10.7 Å². The van der Waals surface area contributed by atoms with Crippen LogP contribution in [-0.2, 0) is 6.42 Å². The van der Waals surface area contributed by atoms with E-state index >= 15 is 0 Å². The van der Waals surface area contributed by atoms with E-state index in [4.69, 9.17) is 4.98 Å². The Morgan fingerprint density at radius 2 is 1.89 bits per heavy atom. The number of likely N-dealkylation sites (tertiary alicyclic amines) is 1. The summed E-state index contributed by atoms with van der Waals surface area (Å²) in [7, 11) is 0. The van der Waals surface area contributed by atoms with Gasteiger partial charge in [0.15, 0.2) is 5.65 Å². The number of thiazole rings is 1. The lowest BCUT2D eigenvalue weighted by Gasteiger charge is -2.30. The molecule has 4 aromatic heterocycles. The van der Waals surface area contributed by atoms with Gasteiger partial charge in [0.05, 0.1) is 23.5 Å². The van der Waals surface area contributed by atoms with Crippen LogP contribution in [0.4, 0.5) is 13.2 Å². The van der Waals surface area contributed by atoms with E-state index in [2.05, 4.69) is 32.1 Å². The number of aromatic amines is 1. The normalized spacial score (nSPS) is 16.0. The molecule has 1 fully saturated rings. The lowest BCUT2D eigenvalue weighted by atomic mass is 9.94. The molecule has 0 aromatic carbocycles. The van der Waals surface area contributed by atoms with Crippen LogP contribution in [0.1, 0.15) is 52.9 Å². The first-order valence-electron chi connectivity index (χ1n) is 11.8. The van der Waals surface area contributed by atoms with E-state index in [-0.39, 0.29) is 11.3 Å². The monoisotopic (exact) mass is 503 g/mol. The van der Waals surface area contributed by atoms with Crippen LogP contribution in [0.25, 0.3) is 27.6 Å². The summed E-state index contributed by atoms with van der Waals surface area (Å²) >= 11 is 1.49. The minimum atomic E-state index is -4.39. The van der Waals surface area contributed by atoms with Gasteiger partial charge in [-0.2, -0.15) is 23.4 Å². The Hall–Kier alpha value is -2.79. The number of nitrogens with one attached hydrogen (secondary N) is 1. The Bertz CT molecular complexity index is 1360. The zero-order chi connectivity index (χ0) is 24.9. The summed E-state index contributed by atoms with van der Waals surface area (Å²) in [6, 6.07) is 0. The number of hydrogen-bond acceptors (Lipinski definition) is 6. The molecular formula is C24H28F3N7S. The van der Waals surface area contributed by atoms with Crippen LogP contribution in [0.15, 0.2) is 12.5 Å². The van der Waals surface area contributed by atoms with Crippen molar-refractivity contribution in [3.05, 3.63) is 39.8 Å². The second-order valence-corrected chi connectivity index (χ2v) is 10.2. The minimum absolute atomic E-state index is 0.112. The van der Waals surface area contributed by atoms with Gasteiger partial charge in [-0.1, -0.05) is 6.92 Å². The Labute approximate surface area is 205 Å². The van der Waals surface area contributed by atoms with Crippen LogP contribution in [-0.4, -0.2) is 60.5 Å². The van der Waals surface area contributed by atoms with Crippen molar-refractivity contribution in [2.75, 3.05) is 19.6 Å². The molecule has 0 bridgehead atoms. The highest BCUT2D eigenvalue weighted by Gasteiger charge is 2.34. The van der Waals surface area contributed by atoms with E-state index < -0.39 is 12.6 Å². The first-order chi connectivity index (χ1) is 16.7. The van der Waals surface area contributed by atoms with Crippen molar-refractivity contribution in [1.82, 2.24) is 34.7 Å². The summed E-state index contributed by atoms with van der Waals surface area (Å²) in [5.41, 5.74) is 4.58. The van der Waals surface area contributed by atoms with E-state index in [0.29, 0.717) is 27.8 Å². The summed E-state index contributed by atoms with van der Waals surface area (Å²) in [6.07, 6.45) is -0.277. The van der Waals surface area contributed by atoms with Crippen molar-refractivity contribution in [3.8, 4) is 22.0 Å². The third-order valence-corrected chi connectivity index (χ3v) is 8.42. The van der Waals surface area contributed by atoms with Crippen LogP contribution < -0.4 is 0 Å². The van der Waals surface area contributed by atoms with E-state index in [1.165, 1.54) is 22.5 Å². The predicted molar refractivity (Wildman–Crippen MR) is 130 cm³/mol. The molecule has 35 heavy (non-hydrogen) atoms. The maximum Gasteiger partial charge on any atom is 0.393 e. The fraction of sp³-hybridized carbons (Fsp3) is 0.500. The van der Waals surface area contributed by atoms with E-state index in [0.717, 1.165) is 49.3 Å². The fourth-order valence-corrected chi connectivity index (χ4v) is 6.24. The second-order valence-electron chi connectivity index (χ2n) is 9.22. The summed E-state index contributed by atoms with van der Waals surface area (Å²) in [6.45, 7) is 11.0. The van der Waals surface area contributed by atoms with Gasteiger partial charge in [-0.25, -0.2) is 14.5 Å². The lowest BCUT2D eigenvalue weighted by Crippen LogP contribution is -2.32. The third kappa shape index (κ3) is 4.47. The molecule has 0 aliphatic carbocycles. The Morgan fingerprint density at radius 3 is 2.57 bits per heavy atom. The number of aromatic nitrogens is 6. The minimum Gasteiger partial charge on any atom is -0.304 e. The summed E-state index contributed by atoms with van der Waals surface area (Å²) in [4.78, 5) is 12.6. The highest BCUT2D eigenvalue weighted by molar-refractivity contribution is 7.15. The molecule has 5 rings (SSSR count). The number of nitrogens with zero attached hydrogens (tertiary/aromatic N) is 6. The van der Waals surface area contributed by atoms with Gasteiger partial charge < -0.3 is 4.90 Å². The molecule has 0 amide bonds. The number of fused-ring (bicyclic) bond motifs is 1. The largest absolute Gasteiger partial charge is 0.393 e. The molecule has 0 atom stereocenters. The molecule has 0 spiro atoms. The summed E-state index contributed by atoms with van der Waals surface area (Å²) < 4.78 is 42.8. The molecule has 0 saturated carbocycles. The van der Waals surface area contributed by atoms with Gasteiger partial charge >= 0.3 is 6.18 Å². The standard InChI is InChI=1S/C24H28F3N7S/c1-5-33-8-6-16(7-9-33)21-15(4)30-23(35-21)20-17(10-24(25,26)27)19(31-32-20)18-11-34-22(28-12-29-34)14(3)13(18)2/h11-12,16H,5-10H2,1-4H3,(H,31,32). The van der Waals surface area contributed by atoms with E-state index in [1.807, 2.05) is 20.8 Å². The molecule has 0 unspecified atom stereocenters. The predicted octanol–water partition coefficient (Wildman–Crippen LogP) is 5.47. The smallest absolute Gasteiger partial charge is 0.304 e. The summed E-state index contributed by atoms with van der Waals surface area (Å²) in [5, 5.41) is 12.0. The number of piperidine rings is 1.